The van der Waals surface area contributed by atoms with Crippen molar-refractivity contribution in [2.24, 2.45) is 0 Å². The van der Waals surface area contributed by atoms with Gasteiger partial charge in [0.2, 0.25) is 0 Å². The number of nitrogens with one attached hydrogen (secondary N) is 1. The topological polar surface area (TPSA) is 54.5 Å². The summed E-state index contributed by atoms with van der Waals surface area (Å²) in [4.78, 5) is 18.2. The van der Waals surface area contributed by atoms with Crippen molar-refractivity contribution in [3.05, 3.63) is 47.7 Å². The molecule has 0 fully saturated rings. The number of rotatable bonds is 0. The summed E-state index contributed by atoms with van der Waals surface area (Å²) in [6.45, 7) is 5.38. The van der Waals surface area contributed by atoms with E-state index in [4.69, 9.17) is 4.74 Å². The number of benzene rings is 1. The van der Waals surface area contributed by atoms with Gasteiger partial charge in [-0.25, -0.2) is 14.7 Å². The molecule has 138 valence electrons. The van der Waals surface area contributed by atoms with Gasteiger partial charge in [0.15, 0.2) is 0 Å². The Balaban J connectivity index is 2.14. The van der Waals surface area contributed by atoms with Crippen LogP contribution in [-0.2, 0) is 17.5 Å². The number of anilines is 3. The summed E-state index contributed by atoms with van der Waals surface area (Å²) >= 11 is 0. The van der Waals surface area contributed by atoms with E-state index in [2.05, 4.69) is 10.3 Å². The van der Waals surface area contributed by atoms with Crippen LogP contribution < -0.4 is 10.2 Å². The Morgan fingerprint density at radius 1 is 1.23 bits per heavy atom. The highest BCUT2D eigenvalue weighted by atomic mass is 19.4. The molecule has 1 N–H and O–H groups in total. The van der Waals surface area contributed by atoms with Crippen LogP contribution in [0.2, 0.25) is 0 Å². The molecule has 1 aromatic carbocycles. The number of pyridine rings is 1. The third kappa shape index (κ3) is 3.58. The number of halogens is 3. The maximum absolute atomic E-state index is 13.1. The number of hydrogen-bond donors (Lipinski definition) is 1. The highest BCUT2D eigenvalue weighted by Crippen LogP contribution is 2.41. The third-order valence-electron chi connectivity index (χ3n) is 3.69. The van der Waals surface area contributed by atoms with Gasteiger partial charge in [0.05, 0.1) is 16.9 Å². The molecule has 0 atom stereocenters. The maximum atomic E-state index is 13.1. The minimum atomic E-state index is -4.48. The zero-order chi connectivity index (χ0) is 19.1. The van der Waals surface area contributed by atoms with Crippen molar-refractivity contribution in [1.82, 2.24) is 4.98 Å². The second kappa shape index (κ2) is 6.19. The first-order chi connectivity index (χ1) is 12.1. The molecule has 1 amide bonds. The van der Waals surface area contributed by atoms with Crippen molar-refractivity contribution in [3.8, 4) is 0 Å². The number of amides is 1. The van der Waals surface area contributed by atoms with Crippen LogP contribution in [0.3, 0.4) is 0 Å². The van der Waals surface area contributed by atoms with Crippen LogP contribution in [0, 0.1) is 0 Å². The van der Waals surface area contributed by atoms with E-state index < -0.39 is 23.4 Å². The molecule has 0 radical (unpaired) electrons. The molecule has 5 nitrogen and oxygen atoms in total. The van der Waals surface area contributed by atoms with E-state index in [1.165, 1.54) is 17.2 Å². The summed E-state index contributed by atoms with van der Waals surface area (Å²) in [5.74, 6) is 0.327. The van der Waals surface area contributed by atoms with Gasteiger partial charge in [0.1, 0.15) is 11.4 Å². The van der Waals surface area contributed by atoms with Crippen molar-refractivity contribution >= 4 is 23.3 Å². The average Bonchev–Trinajstić information content (AvgIpc) is 2.68. The molecule has 26 heavy (non-hydrogen) atoms. The lowest BCUT2D eigenvalue weighted by Crippen LogP contribution is -2.34. The van der Waals surface area contributed by atoms with Crippen molar-refractivity contribution in [2.45, 2.75) is 39.1 Å². The molecule has 0 aliphatic carbocycles. The van der Waals surface area contributed by atoms with Crippen LogP contribution >= 0.6 is 0 Å². The van der Waals surface area contributed by atoms with Gasteiger partial charge in [-0.3, -0.25) is 0 Å². The number of nitrogens with zero attached hydrogens (tertiary/aromatic N) is 2. The summed E-state index contributed by atoms with van der Waals surface area (Å²) in [5, 5.41) is 2.95. The Labute approximate surface area is 148 Å². The molecule has 0 saturated heterocycles. The lowest BCUT2D eigenvalue weighted by molar-refractivity contribution is -0.137. The number of aromatic nitrogens is 1. The first kappa shape index (κ1) is 18.0. The summed E-state index contributed by atoms with van der Waals surface area (Å²) in [6, 6.07) is 6.62. The van der Waals surface area contributed by atoms with Gasteiger partial charge < -0.3 is 10.1 Å². The monoisotopic (exact) mass is 365 g/mol. The summed E-state index contributed by atoms with van der Waals surface area (Å²) in [6.07, 6.45) is -3.67. The number of carbonyl (C=O) groups excluding carboxylic acids is 1. The summed E-state index contributed by atoms with van der Waals surface area (Å²) in [7, 11) is 0. The van der Waals surface area contributed by atoms with E-state index in [1.807, 2.05) is 0 Å². The molecule has 8 heteroatoms. The Morgan fingerprint density at radius 2 is 1.96 bits per heavy atom. The first-order valence-corrected chi connectivity index (χ1v) is 7.98. The zero-order valence-corrected chi connectivity index (χ0v) is 14.5. The molecule has 1 aromatic heterocycles. The van der Waals surface area contributed by atoms with Gasteiger partial charge in [-0.1, -0.05) is 6.07 Å². The van der Waals surface area contributed by atoms with E-state index in [0.717, 1.165) is 12.1 Å². The van der Waals surface area contributed by atoms with Gasteiger partial charge in [-0.2, -0.15) is 13.2 Å². The molecule has 0 bridgehead atoms. The first-order valence-electron chi connectivity index (χ1n) is 7.98. The molecule has 2 aromatic rings. The number of fused-ring (bicyclic) bond motifs is 2. The molecule has 1 aliphatic rings. The van der Waals surface area contributed by atoms with Crippen LogP contribution in [0.1, 0.15) is 31.9 Å². The molecule has 2 heterocycles. The number of hydrogen-bond acceptors (Lipinski definition) is 4. The molecule has 0 spiro atoms. The number of alkyl halides is 3. The SMILES string of the molecule is CC(C)(C)OC(=O)N1c2ccc(C(F)(F)F)cc2NCc2cccnc21. The van der Waals surface area contributed by atoms with Gasteiger partial charge in [0.25, 0.3) is 0 Å². The lowest BCUT2D eigenvalue weighted by Gasteiger charge is -2.27. The standard InChI is InChI=1S/C18H18F3N3O2/c1-17(2,3)26-16(25)24-14-7-6-12(18(19,20)21)9-13(14)23-10-11-5-4-8-22-15(11)24/h4-9,23H,10H2,1-3H3. The average molecular weight is 365 g/mol. The van der Waals surface area contributed by atoms with Crippen LogP contribution in [0.5, 0.6) is 0 Å². The van der Waals surface area contributed by atoms with Crippen LogP contribution in [0.4, 0.5) is 35.2 Å². The van der Waals surface area contributed by atoms with E-state index in [-0.39, 0.29) is 17.9 Å². The van der Waals surface area contributed by atoms with Crippen molar-refractivity contribution in [3.63, 3.8) is 0 Å². The van der Waals surface area contributed by atoms with Crippen molar-refractivity contribution < 1.29 is 22.7 Å². The number of carbonyl (C=O) groups is 1. The van der Waals surface area contributed by atoms with E-state index in [9.17, 15) is 18.0 Å². The molecule has 3 rings (SSSR count). The largest absolute Gasteiger partial charge is 0.443 e. The van der Waals surface area contributed by atoms with E-state index in [0.29, 0.717) is 11.4 Å². The third-order valence-corrected chi connectivity index (χ3v) is 3.69. The predicted octanol–water partition coefficient (Wildman–Crippen LogP) is 5.10. The van der Waals surface area contributed by atoms with Gasteiger partial charge in [0, 0.05) is 18.3 Å². The molecular formula is C18H18F3N3O2. The normalized spacial score (nSPS) is 14.0. The highest BCUT2D eigenvalue weighted by Gasteiger charge is 2.35. The minimum absolute atomic E-state index is 0.184. The van der Waals surface area contributed by atoms with Crippen LogP contribution in [0.15, 0.2) is 36.5 Å². The Morgan fingerprint density at radius 3 is 2.62 bits per heavy atom. The molecule has 1 aliphatic heterocycles. The smallest absolute Gasteiger partial charge is 0.420 e. The highest BCUT2D eigenvalue weighted by molar-refractivity contribution is 6.00. The van der Waals surface area contributed by atoms with Gasteiger partial charge in [-0.05, 0) is 45.0 Å². The summed E-state index contributed by atoms with van der Waals surface area (Å²) in [5.41, 5.74) is -0.457. The maximum Gasteiger partial charge on any atom is 0.420 e. The fourth-order valence-corrected chi connectivity index (χ4v) is 2.62. The Bertz CT molecular complexity index is 844. The second-order valence-electron chi connectivity index (χ2n) is 6.89. The minimum Gasteiger partial charge on any atom is -0.443 e. The van der Waals surface area contributed by atoms with Gasteiger partial charge in [-0.15, -0.1) is 0 Å². The molecular weight excluding hydrogens is 347 g/mol. The van der Waals surface area contributed by atoms with Crippen molar-refractivity contribution in [2.75, 3.05) is 10.2 Å². The van der Waals surface area contributed by atoms with Crippen LogP contribution in [-0.4, -0.2) is 16.7 Å². The predicted molar refractivity (Wildman–Crippen MR) is 91.4 cm³/mol. The van der Waals surface area contributed by atoms with Crippen LogP contribution in [0.25, 0.3) is 0 Å². The Kier molecular flexibility index (Phi) is 4.29. The number of ether oxygens (including phenoxy) is 1. The fraction of sp³-hybridized carbons (Fsp3) is 0.333. The summed E-state index contributed by atoms with van der Waals surface area (Å²) < 4.78 is 44.6. The second-order valence-corrected chi connectivity index (χ2v) is 6.89. The van der Waals surface area contributed by atoms with Crippen molar-refractivity contribution in [1.29, 1.82) is 0 Å². The van der Waals surface area contributed by atoms with Gasteiger partial charge >= 0.3 is 12.3 Å². The fourth-order valence-electron chi connectivity index (χ4n) is 2.62. The molecule has 0 saturated carbocycles. The lowest BCUT2D eigenvalue weighted by atomic mass is 10.1. The zero-order valence-electron chi connectivity index (χ0n) is 14.5. The van der Waals surface area contributed by atoms with E-state index >= 15 is 0 Å². The molecule has 0 unspecified atom stereocenters. The quantitative estimate of drug-likeness (QED) is 0.706. The van der Waals surface area contributed by atoms with E-state index in [1.54, 1.807) is 32.9 Å². The Hall–Kier alpha value is -2.77.